The van der Waals surface area contributed by atoms with Crippen LogP contribution in [0, 0.1) is 17.0 Å². The van der Waals surface area contributed by atoms with Crippen LogP contribution in [0.4, 0.5) is 5.69 Å². The highest BCUT2D eigenvalue weighted by atomic mass is 16.6. The Morgan fingerprint density at radius 1 is 1.55 bits per heavy atom. The van der Waals surface area contributed by atoms with Gasteiger partial charge in [0, 0.05) is 6.07 Å². The molecule has 0 aliphatic carbocycles. The summed E-state index contributed by atoms with van der Waals surface area (Å²) in [5, 5.41) is 16.8. The van der Waals surface area contributed by atoms with Crippen molar-refractivity contribution in [2.45, 2.75) is 13.8 Å². The molecule has 1 N–H and O–H groups in total. The van der Waals surface area contributed by atoms with E-state index < -0.39 is 22.0 Å². The standard InChI is InChI=1S/C11H10N4O5/c1-3-20-11(17)8-9(16)6-4-7(15(18)19)5(2)12-10(6)14-13-8/h4H,3H2,1-2H3,(H,12,14,16). The van der Waals surface area contributed by atoms with E-state index in [1.165, 1.54) is 6.92 Å². The number of nitro groups is 1. The quantitative estimate of drug-likeness (QED) is 0.497. The lowest BCUT2D eigenvalue weighted by molar-refractivity contribution is -0.385. The van der Waals surface area contributed by atoms with Crippen molar-refractivity contribution in [2.75, 3.05) is 6.61 Å². The number of aromatic nitrogens is 3. The van der Waals surface area contributed by atoms with Crippen LogP contribution in [0.1, 0.15) is 23.1 Å². The van der Waals surface area contributed by atoms with Crippen LogP contribution in [0.2, 0.25) is 0 Å². The summed E-state index contributed by atoms with van der Waals surface area (Å²) in [6.45, 7) is 3.11. The molecular formula is C11H10N4O5. The minimum absolute atomic E-state index is 0.0751. The Kier molecular flexibility index (Phi) is 3.42. The topological polar surface area (TPSA) is 128 Å². The lowest BCUT2D eigenvalue weighted by Gasteiger charge is -2.03. The number of fused-ring (bicyclic) bond motifs is 1. The minimum Gasteiger partial charge on any atom is -0.461 e. The Hall–Kier alpha value is -2.84. The van der Waals surface area contributed by atoms with Gasteiger partial charge in [0.15, 0.2) is 5.65 Å². The molecule has 0 saturated heterocycles. The molecule has 104 valence electrons. The Labute approximate surface area is 111 Å². The smallest absolute Gasteiger partial charge is 0.362 e. The Bertz CT molecular complexity index is 767. The lowest BCUT2D eigenvalue weighted by atomic mass is 10.2. The second-order valence-electron chi connectivity index (χ2n) is 3.87. The van der Waals surface area contributed by atoms with E-state index in [4.69, 9.17) is 0 Å². The first-order valence-electron chi connectivity index (χ1n) is 5.67. The number of H-pyrrole nitrogens is 1. The second-order valence-corrected chi connectivity index (χ2v) is 3.87. The SMILES string of the molecule is CCOC(=O)c1n[nH]c2nc(C)c([N+](=O)[O-])cc2c1=O. The maximum atomic E-state index is 12.1. The van der Waals surface area contributed by atoms with Crippen LogP contribution in [0.15, 0.2) is 10.9 Å². The van der Waals surface area contributed by atoms with Gasteiger partial charge in [-0.05, 0) is 13.8 Å². The van der Waals surface area contributed by atoms with E-state index in [2.05, 4.69) is 19.9 Å². The molecule has 0 atom stereocenters. The fourth-order valence-corrected chi connectivity index (χ4v) is 1.66. The van der Waals surface area contributed by atoms with Crippen molar-refractivity contribution in [3.8, 4) is 0 Å². The van der Waals surface area contributed by atoms with E-state index in [9.17, 15) is 19.7 Å². The second kappa shape index (κ2) is 5.03. The van der Waals surface area contributed by atoms with Crippen molar-refractivity contribution in [2.24, 2.45) is 0 Å². The highest BCUT2D eigenvalue weighted by molar-refractivity contribution is 5.91. The average Bonchev–Trinajstić information content (AvgIpc) is 2.38. The number of ether oxygens (including phenoxy) is 1. The van der Waals surface area contributed by atoms with Crippen LogP contribution in [0.5, 0.6) is 0 Å². The van der Waals surface area contributed by atoms with E-state index in [0.29, 0.717) is 0 Å². The van der Waals surface area contributed by atoms with Gasteiger partial charge < -0.3 is 4.74 Å². The van der Waals surface area contributed by atoms with Crippen molar-refractivity contribution in [3.05, 3.63) is 37.8 Å². The molecule has 0 aliphatic rings. The van der Waals surface area contributed by atoms with Gasteiger partial charge in [-0.15, -0.1) is 0 Å². The summed E-state index contributed by atoms with van der Waals surface area (Å²) in [4.78, 5) is 37.7. The zero-order valence-corrected chi connectivity index (χ0v) is 10.7. The minimum atomic E-state index is -0.890. The summed E-state index contributed by atoms with van der Waals surface area (Å²) in [6.07, 6.45) is 0. The number of hydrogen-bond donors (Lipinski definition) is 1. The van der Waals surface area contributed by atoms with Gasteiger partial charge >= 0.3 is 5.97 Å². The molecule has 2 aromatic heterocycles. The first-order valence-corrected chi connectivity index (χ1v) is 5.67. The first-order chi connectivity index (χ1) is 9.45. The van der Waals surface area contributed by atoms with Crippen molar-refractivity contribution >= 4 is 22.7 Å². The summed E-state index contributed by atoms with van der Waals surface area (Å²) in [5.41, 5.74) is -1.30. The Morgan fingerprint density at radius 2 is 2.25 bits per heavy atom. The van der Waals surface area contributed by atoms with Gasteiger partial charge in [-0.25, -0.2) is 9.78 Å². The molecule has 0 unspecified atom stereocenters. The number of esters is 1. The number of hydrogen-bond acceptors (Lipinski definition) is 7. The molecule has 2 heterocycles. The average molecular weight is 278 g/mol. The third-order valence-electron chi connectivity index (χ3n) is 2.59. The van der Waals surface area contributed by atoms with E-state index in [0.717, 1.165) is 6.07 Å². The number of nitrogens with one attached hydrogen (secondary N) is 1. The number of carbonyl (C=O) groups excluding carboxylic acids is 1. The number of carbonyl (C=O) groups is 1. The number of aryl methyl sites for hydroxylation is 1. The number of nitrogens with zero attached hydrogens (tertiary/aromatic N) is 3. The maximum absolute atomic E-state index is 12.1. The van der Waals surface area contributed by atoms with E-state index in [1.54, 1.807) is 6.92 Å². The molecule has 2 aromatic rings. The van der Waals surface area contributed by atoms with Crippen molar-refractivity contribution in [3.63, 3.8) is 0 Å². The zero-order valence-electron chi connectivity index (χ0n) is 10.7. The molecule has 20 heavy (non-hydrogen) atoms. The van der Waals surface area contributed by atoms with Gasteiger partial charge in [0.2, 0.25) is 11.1 Å². The van der Waals surface area contributed by atoms with Crippen molar-refractivity contribution < 1.29 is 14.5 Å². The fraction of sp³-hybridized carbons (Fsp3) is 0.273. The maximum Gasteiger partial charge on any atom is 0.362 e. The molecule has 9 nitrogen and oxygen atoms in total. The van der Waals surface area contributed by atoms with Crippen LogP contribution in [0.3, 0.4) is 0 Å². The van der Waals surface area contributed by atoms with Gasteiger partial charge in [-0.1, -0.05) is 0 Å². The van der Waals surface area contributed by atoms with Crippen molar-refractivity contribution in [1.82, 2.24) is 15.2 Å². The van der Waals surface area contributed by atoms with Gasteiger partial charge in [-0.2, -0.15) is 5.10 Å². The summed E-state index contributed by atoms with van der Waals surface area (Å²) in [7, 11) is 0. The normalized spacial score (nSPS) is 10.5. The summed E-state index contributed by atoms with van der Waals surface area (Å²) < 4.78 is 4.68. The largest absolute Gasteiger partial charge is 0.461 e. The molecule has 2 rings (SSSR count). The predicted molar refractivity (Wildman–Crippen MR) is 67.5 cm³/mol. The molecule has 0 amide bonds. The van der Waals surface area contributed by atoms with Crippen molar-refractivity contribution in [1.29, 1.82) is 0 Å². The number of aromatic amines is 1. The summed E-state index contributed by atoms with van der Waals surface area (Å²) in [5.74, 6) is -0.890. The Balaban J connectivity index is 2.72. The van der Waals surface area contributed by atoms with Gasteiger partial charge in [-0.3, -0.25) is 20.0 Å². The monoisotopic (exact) mass is 278 g/mol. The molecule has 0 radical (unpaired) electrons. The number of rotatable bonds is 3. The molecule has 0 fully saturated rings. The van der Waals surface area contributed by atoms with Crippen LogP contribution >= 0.6 is 0 Å². The van der Waals surface area contributed by atoms with E-state index in [-0.39, 0.29) is 29.0 Å². The summed E-state index contributed by atoms with van der Waals surface area (Å²) in [6, 6.07) is 1.07. The molecule has 0 saturated carbocycles. The highest BCUT2D eigenvalue weighted by Crippen LogP contribution is 2.18. The van der Waals surface area contributed by atoms with Crippen LogP contribution in [0.25, 0.3) is 11.0 Å². The molecule has 0 spiro atoms. The third-order valence-corrected chi connectivity index (χ3v) is 2.59. The molecule has 9 heteroatoms. The summed E-state index contributed by atoms with van der Waals surface area (Å²) >= 11 is 0. The molecule has 0 aliphatic heterocycles. The molecular weight excluding hydrogens is 268 g/mol. The van der Waals surface area contributed by atoms with Crippen LogP contribution in [-0.4, -0.2) is 32.7 Å². The zero-order chi connectivity index (χ0) is 14.9. The van der Waals surface area contributed by atoms with E-state index in [1.807, 2.05) is 0 Å². The van der Waals surface area contributed by atoms with Gasteiger partial charge in [0.05, 0.1) is 16.9 Å². The molecule has 0 bridgehead atoms. The predicted octanol–water partition coefficient (Wildman–Crippen LogP) is 0.711. The molecule has 0 aromatic carbocycles. The third kappa shape index (κ3) is 2.20. The highest BCUT2D eigenvalue weighted by Gasteiger charge is 2.20. The Morgan fingerprint density at radius 3 is 2.85 bits per heavy atom. The first kappa shape index (κ1) is 13.6. The van der Waals surface area contributed by atoms with Crippen LogP contribution < -0.4 is 5.43 Å². The number of pyridine rings is 1. The van der Waals surface area contributed by atoms with Gasteiger partial charge in [0.1, 0.15) is 5.69 Å². The van der Waals surface area contributed by atoms with Crippen LogP contribution in [-0.2, 0) is 4.74 Å². The fourth-order valence-electron chi connectivity index (χ4n) is 1.66. The van der Waals surface area contributed by atoms with E-state index >= 15 is 0 Å². The lowest BCUT2D eigenvalue weighted by Crippen LogP contribution is -2.21. The van der Waals surface area contributed by atoms with Gasteiger partial charge in [0.25, 0.3) is 5.69 Å².